The van der Waals surface area contributed by atoms with E-state index in [0.717, 1.165) is 15.9 Å². The van der Waals surface area contributed by atoms with Crippen LogP contribution in [0.3, 0.4) is 0 Å². The van der Waals surface area contributed by atoms with Crippen molar-refractivity contribution in [2.45, 2.75) is 22.0 Å². The number of sulfonamides is 1. The lowest BCUT2D eigenvalue weighted by molar-refractivity contribution is 0.0730. The van der Waals surface area contributed by atoms with Crippen LogP contribution in [0.4, 0.5) is 0 Å². The van der Waals surface area contributed by atoms with Gasteiger partial charge in [0.25, 0.3) is 5.91 Å². The minimum atomic E-state index is -3.74. The van der Waals surface area contributed by atoms with Gasteiger partial charge in [-0.15, -0.1) is 10.2 Å². The number of aromatic nitrogens is 6. The van der Waals surface area contributed by atoms with Crippen molar-refractivity contribution in [1.29, 1.82) is 0 Å². The summed E-state index contributed by atoms with van der Waals surface area (Å²) in [5, 5.41) is 19.2. The van der Waals surface area contributed by atoms with Crippen molar-refractivity contribution in [3.63, 3.8) is 0 Å². The topological polar surface area (TPSA) is 149 Å². The van der Waals surface area contributed by atoms with E-state index < -0.39 is 15.9 Å². The maximum absolute atomic E-state index is 13.0. The molecule has 0 radical (unpaired) electrons. The smallest absolute Gasteiger partial charge is 0.271 e. The van der Waals surface area contributed by atoms with Crippen molar-refractivity contribution >= 4 is 50.5 Å². The normalized spacial score (nSPS) is 14.8. The number of amides is 1. The average Bonchev–Trinajstić information content (AvgIpc) is 3.55. The van der Waals surface area contributed by atoms with Gasteiger partial charge in [0.2, 0.25) is 10.0 Å². The maximum atomic E-state index is 13.0. The van der Waals surface area contributed by atoms with Gasteiger partial charge in [-0.05, 0) is 43.0 Å². The zero-order chi connectivity index (χ0) is 28.6. The summed E-state index contributed by atoms with van der Waals surface area (Å²) in [6.07, 6.45) is 3.11. The Morgan fingerprint density at radius 2 is 1.95 bits per heavy atom. The number of para-hydroxylation sites is 1. The fourth-order valence-electron chi connectivity index (χ4n) is 4.43. The maximum Gasteiger partial charge on any atom is 0.271 e. The van der Waals surface area contributed by atoms with Crippen LogP contribution in [-0.2, 0) is 21.8 Å². The first-order valence-electron chi connectivity index (χ1n) is 12.6. The Labute approximate surface area is 239 Å². The van der Waals surface area contributed by atoms with Gasteiger partial charge in [-0.1, -0.05) is 24.3 Å². The number of ether oxygens (including phenoxy) is 1. The molecule has 210 valence electrons. The second-order valence-corrected chi connectivity index (χ2v) is 12.1. The summed E-state index contributed by atoms with van der Waals surface area (Å²) in [5.74, 6) is -0.550. The molecule has 0 saturated carbocycles. The van der Waals surface area contributed by atoms with Gasteiger partial charge in [0.1, 0.15) is 11.4 Å². The number of aryl methyl sites for hydroxylation is 2. The first-order chi connectivity index (χ1) is 19.8. The van der Waals surface area contributed by atoms with Crippen molar-refractivity contribution in [3.05, 3.63) is 71.7 Å². The van der Waals surface area contributed by atoms with Gasteiger partial charge in [0, 0.05) is 31.1 Å². The van der Waals surface area contributed by atoms with Gasteiger partial charge in [-0.25, -0.2) is 23.3 Å². The molecule has 0 spiro atoms. The number of morpholine rings is 1. The van der Waals surface area contributed by atoms with Crippen LogP contribution in [0, 0.1) is 6.92 Å². The SMILES string of the molecule is Cc1nn2c(nc(Sc3nncn3C)c3ccccc32)c1C=NNC(=O)c1cccc(S(=O)(=O)N2CCOCC2)c1. The minimum Gasteiger partial charge on any atom is -0.379 e. The number of hydrogen-bond acceptors (Lipinski definition) is 10. The van der Waals surface area contributed by atoms with Crippen molar-refractivity contribution in [1.82, 2.24) is 39.1 Å². The largest absolute Gasteiger partial charge is 0.379 e. The Bertz CT molecular complexity index is 1910. The number of nitrogens with one attached hydrogen (secondary N) is 1. The number of fused-ring (bicyclic) bond motifs is 3. The van der Waals surface area contributed by atoms with E-state index in [4.69, 9.17) is 9.72 Å². The van der Waals surface area contributed by atoms with E-state index in [2.05, 4.69) is 25.8 Å². The van der Waals surface area contributed by atoms with E-state index in [-0.39, 0.29) is 23.5 Å². The molecule has 1 fully saturated rings. The number of carbonyl (C=O) groups is 1. The molecule has 1 N–H and O–H groups in total. The molecule has 4 heterocycles. The molecule has 13 nitrogen and oxygen atoms in total. The van der Waals surface area contributed by atoms with E-state index >= 15 is 0 Å². The fourth-order valence-corrected chi connectivity index (χ4v) is 6.75. The van der Waals surface area contributed by atoms with Gasteiger partial charge in [-0.3, -0.25) is 4.79 Å². The molecule has 1 saturated heterocycles. The van der Waals surface area contributed by atoms with Gasteiger partial charge in [-0.2, -0.15) is 14.5 Å². The first-order valence-corrected chi connectivity index (χ1v) is 14.9. The van der Waals surface area contributed by atoms with Crippen LogP contribution >= 0.6 is 11.8 Å². The highest BCUT2D eigenvalue weighted by Gasteiger charge is 2.27. The zero-order valence-corrected chi connectivity index (χ0v) is 23.8. The van der Waals surface area contributed by atoms with E-state index in [1.807, 2.05) is 42.8 Å². The fraction of sp³-hybridized carbons (Fsp3) is 0.231. The third-order valence-electron chi connectivity index (χ3n) is 6.57. The molecule has 6 rings (SSSR count). The van der Waals surface area contributed by atoms with Gasteiger partial charge in [0.15, 0.2) is 10.8 Å². The zero-order valence-electron chi connectivity index (χ0n) is 22.1. The second-order valence-electron chi connectivity index (χ2n) is 9.24. The Hall–Kier alpha value is -4.18. The van der Waals surface area contributed by atoms with E-state index in [9.17, 15) is 13.2 Å². The van der Waals surface area contributed by atoms with Crippen LogP contribution in [0.1, 0.15) is 21.6 Å². The molecule has 0 bridgehead atoms. The van der Waals surface area contributed by atoms with Crippen LogP contribution in [-0.4, -0.2) is 80.5 Å². The summed E-state index contributed by atoms with van der Waals surface area (Å²) in [5.41, 5.74) is 5.36. The molecular formula is C26H25N9O4S2. The molecule has 15 heteroatoms. The number of hydrazone groups is 1. The van der Waals surface area contributed by atoms with E-state index in [1.54, 1.807) is 10.8 Å². The van der Waals surface area contributed by atoms with Crippen molar-refractivity contribution in [3.8, 4) is 0 Å². The van der Waals surface area contributed by atoms with Crippen LogP contribution in [0.25, 0.3) is 16.6 Å². The number of rotatable bonds is 7. The third-order valence-corrected chi connectivity index (χ3v) is 9.52. The first kappa shape index (κ1) is 27.0. The molecule has 2 aromatic carbocycles. The highest BCUT2D eigenvalue weighted by Crippen LogP contribution is 2.32. The number of carbonyl (C=O) groups excluding carboxylic acids is 1. The summed E-state index contributed by atoms with van der Waals surface area (Å²) in [6, 6.07) is 13.7. The Morgan fingerprint density at radius 1 is 1.15 bits per heavy atom. The molecule has 1 amide bonds. The molecule has 41 heavy (non-hydrogen) atoms. The Kier molecular flexibility index (Phi) is 7.25. The third kappa shape index (κ3) is 5.19. The van der Waals surface area contributed by atoms with Gasteiger partial charge < -0.3 is 9.30 Å². The molecule has 5 aromatic rings. The molecular weight excluding hydrogens is 566 g/mol. The summed E-state index contributed by atoms with van der Waals surface area (Å²) < 4.78 is 36.2. The monoisotopic (exact) mass is 591 g/mol. The number of benzene rings is 2. The quantitative estimate of drug-likeness (QED) is 0.171. The van der Waals surface area contributed by atoms with Crippen LogP contribution in [0.2, 0.25) is 0 Å². The van der Waals surface area contributed by atoms with Gasteiger partial charge >= 0.3 is 0 Å². The molecule has 1 aliphatic rings. The highest BCUT2D eigenvalue weighted by atomic mass is 32.2. The summed E-state index contributed by atoms with van der Waals surface area (Å²) in [7, 11) is -1.88. The van der Waals surface area contributed by atoms with Crippen molar-refractivity contribution in [2.24, 2.45) is 12.1 Å². The molecule has 0 unspecified atom stereocenters. The van der Waals surface area contributed by atoms with Crippen LogP contribution in [0.15, 0.2) is 75.0 Å². The van der Waals surface area contributed by atoms with Crippen LogP contribution in [0.5, 0.6) is 0 Å². The lowest BCUT2D eigenvalue weighted by Gasteiger charge is -2.26. The summed E-state index contributed by atoms with van der Waals surface area (Å²) in [4.78, 5) is 17.8. The average molecular weight is 592 g/mol. The molecule has 0 aliphatic carbocycles. The predicted octanol–water partition coefficient (Wildman–Crippen LogP) is 2.26. The number of nitrogens with zero attached hydrogens (tertiary/aromatic N) is 8. The number of hydrogen-bond donors (Lipinski definition) is 1. The van der Waals surface area contributed by atoms with Crippen LogP contribution < -0.4 is 5.43 Å². The Morgan fingerprint density at radius 3 is 2.73 bits per heavy atom. The standard InChI is InChI=1S/C26H25N9O4S2/c1-17-21(15-27-30-24(36)18-6-5-7-19(14-18)41(37,38)34-10-12-39-13-11-34)23-29-25(40-26-31-28-16-33(26)2)20-8-3-4-9-22(20)35(23)32-17/h3-9,14-16H,10-13H2,1-2H3,(H,30,36). The van der Waals surface area contributed by atoms with Crippen molar-refractivity contribution < 1.29 is 17.9 Å². The lowest BCUT2D eigenvalue weighted by Crippen LogP contribution is -2.40. The van der Waals surface area contributed by atoms with Gasteiger partial charge in [0.05, 0.1) is 41.1 Å². The minimum absolute atomic E-state index is 0.0403. The van der Waals surface area contributed by atoms with E-state index in [0.29, 0.717) is 35.3 Å². The summed E-state index contributed by atoms with van der Waals surface area (Å²) >= 11 is 1.39. The predicted molar refractivity (Wildman–Crippen MR) is 151 cm³/mol. The lowest BCUT2D eigenvalue weighted by atomic mass is 10.2. The van der Waals surface area contributed by atoms with E-state index in [1.165, 1.54) is 46.5 Å². The highest BCUT2D eigenvalue weighted by molar-refractivity contribution is 7.99. The van der Waals surface area contributed by atoms with Crippen molar-refractivity contribution in [2.75, 3.05) is 26.3 Å². The molecule has 1 aliphatic heterocycles. The Balaban J connectivity index is 1.28. The molecule has 3 aromatic heterocycles. The summed E-state index contributed by atoms with van der Waals surface area (Å²) in [6.45, 7) is 3.04. The molecule has 0 atom stereocenters. The second kappa shape index (κ2) is 11.0.